The lowest BCUT2D eigenvalue weighted by molar-refractivity contribution is 1.34. The molecule has 2 nitrogen and oxygen atoms in total. The van der Waals surface area contributed by atoms with Crippen molar-refractivity contribution in [1.29, 1.82) is 0 Å². The van der Waals surface area contributed by atoms with Gasteiger partial charge in [-0.3, -0.25) is 0 Å². The second-order valence-electron chi connectivity index (χ2n) is 11.9. The highest BCUT2D eigenvalue weighted by Crippen LogP contribution is 2.38. The van der Waals surface area contributed by atoms with Crippen LogP contribution in [-0.2, 0) is 0 Å². The summed E-state index contributed by atoms with van der Waals surface area (Å²) < 4.78 is 0. The Morgan fingerprint density at radius 3 is 1.61 bits per heavy atom. The van der Waals surface area contributed by atoms with Gasteiger partial charge in [0, 0.05) is 27.5 Å². The molecular formula is C44H32N2. The Morgan fingerprint density at radius 1 is 0.370 bits per heavy atom. The molecular weight excluding hydrogens is 556 g/mol. The fraction of sp³-hybridized carbons (Fsp3) is 0.0455. The van der Waals surface area contributed by atoms with Gasteiger partial charge in [-0.1, -0.05) is 133 Å². The molecule has 0 saturated carbocycles. The maximum absolute atomic E-state index is 5.21. The Kier molecular flexibility index (Phi) is 6.96. The zero-order valence-corrected chi connectivity index (χ0v) is 25.9. The molecule has 8 rings (SSSR count). The van der Waals surface area contributed by atoms with Crippen molar-refractivity contribution in [2.75, 3.05) is 0 Å². The van der Waals surface area contributed by atoms with Crippen molar-refractivity contribution in [3.63, 3.8) is 0 Å². The van der Waals surface area contributed by atoms with E-state index < -0.39 is 0 Å². The molecule has 8 aromatic rings. The van der Waals surface area contributed by atoms with E-state index in [1.165, 1.54) is 49.5 Å². The quantitative estimate of drug-likeness (QED) is 0.200. The Bertz CT molecular complexity index is 2340. The van der Waals surface area contributed by atoms with E-state index in [0.717, 1.165) is 39.3 Å². The predicted molar refractivity (Wildman–Crippen MR) is 194 cm³/mol. The summed E-state index contributed by atoms with van der Waals surface area (Å²) in [6.45, 7) is 4.37. The monoisotopic (exact) mass is 588 g/mol. The topological polar surface area (TPSA) is 25.8 Å². The van der Waals surface area contributed by atoms with Crippen molar-refractivity contribution in [2.24, 2.45) is 0 Å². The van der Waals surface area contributed by atoms with Gasteiger partial charge >= 0.3 is 0 Å². The number of nitrogens with zero attached hydrogens (tertiary/aromatic N) is 2. The van der Waals surface area contributed by atoms with Gasteiger partial charge in [0.2, 0.25) is 0 Å². The Labute approximate surface area is 269 Å². The zero-order chi connectivity index (χ0) is 31.0. The number of aryl methyl sites for hydroxylation is 2. The molecule has 0 spiro atoms. The van der Waals surface area contributed by atoms with Crippen LogP contribution in [0.15, 0.2) is 158 Å². The lowest BCUT2D eigenvalue weighted by Gasteiger charge is -2.15. The molecule has 46 heavy (non-hydrogen) atoms. The molecule has 2 aromatic heterocycles. The van der Waals surface area contributed by atoms with Gasteiger partial charge < -0.3 is 0 Å². The molecule has 218 valence electrons. The number of fused-ring (bicyclic) bond motifs is 2. The van der Waals surface area contributed by atoms with Crippen LogP contribution in [0.4, 0.5) is 0 Å². The van der Waals surface area contributed by atoms with Crippen LogP contribution in [0.1, 0.15) is 11.1 Å². The normalized spacial score (nSPS) is 11.3. The molecule has 0 N–H and O–H groups in total. The molecule has 0 bridgehead atoms. The Hall–Kier alpha value is -5.86. The van der Waals surface area contributed by atoms with E-state index in [1.54, 1.807) is 0 Å². The van der Waals surface area contributed by atoms with Crippen LogP contribution >= 0.6 is 0 Å². The summed E-state index contributed by atoms with van der Waals surface area (Å²) in [5.74, 6) is 0. The highest BCUT2D eigenvalue weighted by Gasteiger charge is 2.15. The molecule has 2 heteroatoms. The Morgan fingerprint density at radius 2 is 0.957 bits per heavy atom. The van der Waals surface area contributed by atoms with Crippen molar-refractivity contribution < 1.29 is 0 Å². The SMILES string of the molecule is Cc1cc(-c2ccc(-c3cc(-c4ccccc4)nc4cccc(C)c34)cc2)cc2cc(-c3ccccc3)nc(-c3ccccc3)c12. The highest BCUT2D eigenvalue weighted by atomic mass is 14.7. The third-order valence-electron chi connectivity index (χ3n) is 8.88. The van der Waals surface area contributed by atoms with E-state index in [4.69, 9.17) is 9.97 Å². The summed E-state index contributed by atoms with van der Waals surface area (Å²) in [6.07, 6.45) is 0. The van der Waals surface area contributed by atoms with Crippen LogP contribution in [-0.4, -0.2) is 9.97 Å². The first-order chi connectivity index (χ1) is 22.6. The maximum Gasteiger partial charge on any atom is 0.0790 e. The Balaban J connectivity index is 1.26. The summed E-state index contributed by atoms with van der Waals surface area (Å²) in [6, 6.07) is 55.9. The average molecular weight is 589 g/mol. The molecule has 0 atom stereocenters. The van der Waals surface area contributed by atoms with Crippen LogP contribution in [0, 0.1) is 13.8 Å². The van der Waals surface area contributed by atoms with E-state index in [0.29, 0.717) is 0 Å². The van der Waals surface area contributed by atoms with Gasteiger partial charge in [0.15, 0.2) is 0 Å². The minimum absolute atomic E-state index is 0.980. The van der Waals surface area contributed by atoms with Gasteiger partial charge in [-0.15, -0.1) is 0 Å². The number of pyridine rings is 2. The fourth-order valence-corrected chi connectivity index (χ4v) is 6.63. The van der Waals surface area contributed by atoms with Crippen molar-refractivity contribution in [1.82, 2.24) is 9.97 Å². The summed E-state index contributed by atoms with van der Waals surface area (Å²) in [4.78, 5) is 10.3. The van der Waals surface area contributed by atoms with Gasteiger partial charge in [0.1, 0.15) is 0 Å². The smallest absolute Gasteiger partial charge is 0.0790 e. The molecule has 0 amide bonds. The molecule has 0 radical (unpaired) electrons. The van der Waals surface area contributed by atoms with Crippen molar-refractivity contribution >= 4 is 21.7 Å². The summed E-state index contributed by atoms with van der Waals surface area (Å²) in [5.41, 5.74) is 14.6. The number of hydrogen-bond donors (Lipinski definition) is 0. The number of rotatable bonds is 5. The largest absolute Gasteiger partial charge is 0.248 e. The second-order valence-corrected chi connectivity index (χ2v) is 11.9. The van der Waals surface area contributed by atoms with Crippen LogP contribution in [0.5, 0.6) is 0 Å². The van der Waals surface area contributed by atoms with Crippen LogP contribution < -0.4 is 0 Å². The number of aromatic nitrogens is 2. The van der Waals surface area contributed by atoms with Gasteiger partial charge in [0.05, 0.1) is 22.6 Å². The standard InChI is InChI=1S/C44H32N2/c1-29-13-12-20-39-43(29)38(28-41(45-39)34-16-8-4-9-17-34)32-23-21-31(22-24-32)36-25-30(2)42-37(26-36)27-40(33-14-6-3-7-15-33)46-44(42)35-18-10-5-11-19-35/h3-28H,1-2H3. The molecule has 2 heterocycles. The van der Waals surface area contributed by atoms with Crippen molar-refractivity contribution in [3.8, 4) is 56.0 Å². The van der Waals surface area contributed by atoms with Gasteiger partial charge in [-0.25, -0.2) is 9.97 Å². The first-order valence-corrected chi connectivity index (χ1v) is 15.8. The highest BCUT2D eigenvalue weighted by molar-refractivity contribution is 6.02. The zero-order valence-electron chi connectivity index (χ0n) is 25.9. The minimum atomic E-state index is 0.980. The van der Waals surface area contributed by atoms with Crippen molar-refractivity contribution in [3.05, 3.63) is 169 Å². The summed E-state index contributed by atoms with van der Waals surface area (Å²) in [7, 11) is 0. The molecule has 0 aliphatic rings. The van der Waals surface area contributed by atoms with Gasteiger partial charge in [-0.2, -0.15) is 0 Å². The number of hydrogen-bond acceptors (Lipinski definition) is 2. The van der Waals surface area contributed by atoms with Gasteiger partial charge in [0.25, 0.3) is 0 Å². The lowest BCUT2D eigenvalue weighted by Crippen LogP contribution is -1.94. The minimum Gasteiger partial charge on any atom is -0.248 e. The lowest BCUT2D eigenvalue weighted by atomic mass is 9.92. The summed E-state index contributed by atoms with van der Waals surface area (Å²) >= 11 is 0. The third-order valence-corrected chi connectivity index (χ3v) is 8.88. The van der Waals surface area contributed by atoms with Gasteiger partial charge in [-0.05, 0) is 76.9 Å². The molecule has 6 aromatic carbocycles. The van der Waals surface area contributed by atoms with Crippen LogP contribution in [0.25, 0.3) is 77.7 Å². The van der Waals surface area contributed by atoms with E-state index in [2.05, 4.69) is 159 Å². The van der Waals surface area contributed by atoms with E-state index in [-0.39, 0.29) is 0 Å². The summed E-state index contributed by atoms with van der Waals surface area (Å²) in [5, 5.41) is 3.58. The fourth-order valence-electron chi connectivity index (χ4n) is 6.63. The number of benzene rings is 6. The molecule has 0 unspecified atom stereocenters. The van der Waals surface area contributed by atoms with Crippen LogP contribution in [0.3, 0.4) is 0 Å². The third kappa shape index (κ3) is 5.04. The van der Waals surface area contributed by atoms with E-state index in [1.807, 2.05) is 12.1 Å². The second kappa shape index (κ2) is 11.6. The van der Waals surface area contributed by atoms with E-state index >= 15 is 0 Å². The predicted octanol–water partition coefficient (Wildman–Crippen LogP) is 11.7. The first kappa shape index (κ1) is 27.7. The molecule has 0 fully saturated rings. The molecule has 0 aliphatic carbocycles. The van der Waals surface area contributed by atoms with E-state index in [9.17, 15) is 0 Å². The molecule has 0 aliphatic heterocycles. The maximum atomic E-state index is 5.21. The average Bonchev–Trinajstić information content (AvgIpc) is 3.12. The van der Waals surface area contributed by atoms with Crippen LogP contribution in [0.2, 0.25) is 0 Å². The first-order valence-electron chi connectivity index (χ1n) is 15.8. The van der Waals surface area contributed by atoms with Crippen molar-refractivity contribution in [2.45, 2.75) is 13.8 Å². The molecule has 0 saturated heterocycles.